The monoisotopic (exact) mass is 313 g/mol. The average Bonchev–Trinajstić information content (AvgIpc) is 2.49. The maximum absolute atomic E-state index is 13.1. The third-order valence-electron chi connectivity index (χ3n) is 3.74. The normalized spacial score (nSPS) is 18.8. The molecular weight excluding hydrogens is 293 g/mol. The molecule has 0 saturated carbocycles. The minimum Gasteiger partial charge on any atom is -0.325 e. The highest BCUT2D eigenvalue weighted by molar-refractivity contribution is 6.31. The second kappa shape index (κ2) is 7.73. The number of rotatable bonds is 5. The zero-order valence-electron chi connectivity index (χ0n) is 12.2. The van der Waals surface area contributed by atoms with E-state index in [9.17, 15) is 9.18 Å². The molecule has 2 rings (SSSR count). The molecule has 21 heavy (non-hydrogen) atoms. The summed E-state index contributed by atoms with van der Waals surface area (Å²) >= 11 is 5.71. The van der Waals surface area contributed by atoms with Gasteiger partial charge in [0.2, 0.25) is 5.91 Å². The summed E-state index contributed by atoms with van der Waals surface area (Å²) in [7, 11) is 0. The molecule has 116 valence electrons. The third-order valence-corrected chi connectivity index (χ3v) is 4.03. The van der Waals surface area contributed by atoms with Crippen molar-refractivity contribution in [3.8, 4) is 0 Å². The van der Waals surface area contributed by atoms with E-state index in [4.69, 9.17) is 11.6 Å². The molecule has 1 saturated heterocycles. The molecule has 0 radical (unpaired) electrons. The summed E-state index contributed by atoms with van der Waals surface area (Å²) in [5.74, 6) is -0.594. The molecule has 0 aromatic heterocycles. The number of halogens is 2. The summed E-state index contributed by atoms with van der Waals surface area (Å²) in [4.78, 5) is 14.3. The number of anilines is 1. The van der Waals surface area contributed by atoms with E-state index in [1.54, 1.807) is 0 Å². The lowest BCUT2D eigenvalue weighted by molar-refractivity contribution is -0.117. The molecule has 6 heteroatoms. The smallest absolute Gasteiger partial charge is 0.238 e. The van der Waals surface area contributed by atoms with Crippen LogP contribution in [0.4, 0.5) is 10.1 Å². The molecule has 0 spiro atoms. The molecule has 1 aromatic carbocycles. The van der Waals surface area contributed by atoms with Crippen LogP contribution in [0.2, 0.25) is 5.02 Å². The topological polar surface area (TPSA) is 44.4 Å². The molecule has 1 aromatic rings. The molecule has 2 N–H and O–H groups in total. The highest BCUT2D eigenvalue weighted by Crippen LogP contribution is 2.19. The van der Waals surface area contributed by atoms with Crippen molar-refractivity contribution in [1.29, 1.82) is 0 Å². The van der Waals surface area contributed by atoms with Crippen molar-refractivity contribution in [1.82, 2.24) is 10.2 Å². The Labute approximate surface area is 129 Å². The molecule has 0 bridgehead atoms. The molecule has 1 heterocycles. The van der Waals surface area contributed by atoms with E-state index in [2.05, 4.69) is 22.5 Å². The summed E-state index contributed by atoms with van der Waals surface area (Å²) in [6.45, 7) is 5.18. The van der Waals surface area contributed by atoms with Crippen LogP contribution in [0.1, 0.15) is 19.8 Å². The number of nitrogens with zero attached hydrogens (tertiary/aromatic N) is 1. The summed E-state index contributed by atoms with van der Waals surface area (Å²) < 4.78 is 13.1. The Morgan fingerprint density at radius 3 is 3.00 bits per heavy atom. The first kappa shape index (κ1) is 16.2. The number of carbonyl (C=O) groups is 1. The van der Waals surface area contributed by atoms with E-state index in [-0.39, 0.29) is 10.9 Å². The number of hydrogen-bond acceptors (Lipinski definition) is 3. The van der Waals surface area contributed by atoms with Gasteiger partial charge in [0.1, 0.15) is 5.82 Å². The highest BCUT2D eigenvalue weighted by atomic mass is 35.5. The Hall–Kier alpha value is -1.17. The van der Waals surface area contributed by atoms with E-state index >= 15 is 0 Å². The van der Waals surface area contributed by atoms with Crippen LogP contribution in [-0.4, -0.2) is 43.0 Å². The van der Waals surface area contributed by atoms with Gasteiger partial charge in [-0.05, 0) is 44.1 Å². The van der Waals surface area contributed by atoms with Crippen LogP contribution >= 0.6 is 11.6 Å². The van der Waals surface area contributed by atoms with Gasteiger partial charge in [0, 0.05) is 18.3 Å². The molecule has 4 nitrogen and oxygen atoms in total. The van der Waals surface area contributed by atoms with Gasteiger partial charge in [-0.25, -0.2) is 4.39 Å². The first-order valence-corrected chi connectivity index (χ1v) is 7.67. The summed E-state index contributed by atoms with van der Waals surface area (Å²) in [5, 5.41) is 6.13. The van der Waals surface area contributed by atoms with E-state index in [1.165, 1.54) is 18.2 Å². The van der Waals surface area contributed by atoms with Gasteiger partial charge in [-0.2, -0.15) is 0 Å². The molecule has 1 amide bonds. The Balaban J connectivity index is 1.91. The van der Waals surface area contributed by atoms with Crippen molar-refractivity contribution in [2.45, 2.75) is 25.8 Å². The fraction of sp³-hybridized carbons (Fsp3) is 0.533. The van der Waals surface area contributed by atoms with Gasteiger partial charge in [-0.3, -0.25) is 9.69 Å². The van der Waals surface area contributed by atoms with Gasteiger partial charge in [-0.1, -0.05) is 18.5 Å². The number of amides is 1. The molecule has 1 atom stereocenters. The number of benzene rings is 1. The van der Waals surface area contributed by atoms with Crippen LogP contribution in [0, 0.1) is 5.82 Å². The SMILES string of the molecule is CCN(CC(=O)Nc1ccc(F)c(Cl)c1)C1CCCNC1. The standard InChI is InChI=1S/C15H21ClFN3O/c1-2-20(12-4-3-7-18-9-12)10-15(21)19-11-5-6-14(17)13(16)8-11/h5-6,8,12,18H,2-4,7,9-10H2,1H3,(H,19,21). The fourth-order valence-electron chi connectivity index (χ4n) is 2.60. The van der Waals surface area contributed by atoms with Gasteiger partial charge < -0.3 is 10.6 Å². The second-order valence-electron chi connectivity index (χ2n) is 5.24. The lowest BCUT2D eigenvalue weighted by atomic mass is 10.1. The Kier molecular flexibility index (Phi) is 5.96. The Bertz CT molecular complexity index is 492. The number of likely N-dealkylation sites (N-methyl/N-ethyl adjacent to an activating group) is 1. The van der Waals surface area contributed by atoms with Crippen LogP contribution in [0.15, 0.2) is 18.2 Å². The highest BCUT2D eigenvalue weighted by Gasteiger charge is 2.21. The largest absolute Gasteiger partial charge is 0.325 e. The van der Waals surface area contributed by atoms with Crippen LogP contribution in [-0.2, 0) is 4.79 Å². The van der Waals surface area contributed by atoms with Crippen molar-refractivity contribution in [2.75, 3.05) is 31.5 Å². The number of carbonyl (C=O) groups excluding carboxylic acids is 1. The first-order valence-electron chi connectivity index (χ1n) is 7.30. The fourth-order valence-corrected chi connectivity index (χ4v) is 2.78. The number of piperidine rings is 1. The van der Waals surface area contributed by atoms with Crippen LogP contribution in [0.5, 0.6) is 0 Å². The zero-order chi connectivity index (χ0) is 15.2. The van der Waals surface area contributed by atoms with Gasteiger partial charge in [0.25, 0.3) is 0 Å². The molecule has 0 aliphatic carbocycles. The molecule has 1 fully saturated rings. The average molecular weight is 314 g/mol. The Morgan fingerprint density at radius 2 is 2.38 bits per heavy atom. The van der Waals surface area contributed by atoms with Crippen molar-refractivity contribution < 1.29 is 9.18 Å². The maximum atomic E-state index is 13.1. The second-order valence-corrected chi connectivity index (χ2v) is 5.65. The minimum absolute atomic E-state index is 0.0108. The van der Waals surface area contributed by atoms with Crippen molar-refractivity contribution >= 4 is 23.2 Å². The quantitative estimate of drug-likeness (QED) is 0.878. The number of hydrogen-bond donors (Lipinski definition) is 2. The van der Waals surface area contributed by atoms with E-state index in [0.717, 1.165) is 32.5 Å². The van der Waals surface area contributed by atoms with Gasteiger partial charge >= 0.3 is 0 Å². The lowest BCUT2D eigenvalue weighted by Crippen LogP contribution is -2.48. The van der Waals surface area contributed by atoms with Crippen molar-refractivity contribution in [3.63, 3.8) is 0 Å². The van der Waals surface area contributed by atoms with Gasteiger partial charge in [-0.15, -0.1) is 0 Å². The molecule has 1 aliphatic heterocycles. The predicted octanol–water partition coefficient (Wildman–Crippen LogP) is 2.49. The van der Waals surface area contributed by atoms with E-state index in [0.29, 0.717) is 18.3 Å². The maximum Gasteiger partial charge on any atom is 0.238 e. The lowest BCUT2D eigenvalue weighted by Gasteiger charge is -2.33. The molecule has 1 aliphatic rings. The van der Waals surface area contributed by atoms with Gasteiger partial charge in [0.05, 0.1) is 11.6 Å². The van der Waals surface area contributed by atoms with E-state index in [1.807, 2.05) is 0 Å². The van der Waals surface area contributed by atoms with Crippen LogP contribution in [0.3, 0.4) is 0 Å². The number of nitrogens with one attached hydrogen (secondary N) is 2. The van der Waals surface area contributed by atoms with Gasteiger partial charge in [0.15, 0.2) is 0 Å². The van der Waals surface area contributed by atoms with Crippen molar-refractivity contribution in [3.05, 3.63) is 29.0 Å². The molecular formula is C15H21ClFN3O. The minimum atomic E-state index is -0.488. The molecule has 1 unspecified atom stereocenters. The van der Waals surface area contributed by atoms with Crippen LogP contribution in [0.25, 0.3) is 0 Å². The Morgan fingerprint density at radius 1 is 1.57 bits per heavy atom. The zero-order valence-corrected chi connectivity index (χ0v) is 12.9. The summed E-state index contributed by atoms with van der Waals surface area (Å²) in [6.07, 6.45) is 2.24. The van der Waals surface area contributed by atoms with Crippen molar-refractivity contribution in [2.24, 2.45) is 0 Å². The van der Waals surface area contributed by atoms with Crippen LogP contribution < -0.4 is 10.6 Å². The summed E-state index contributed by atoms with van der Waals surface area (Å²) in [6, 6.07) is 4.58. The third kappa shape index (κ3) is 4.66. The predicted molar refractivity (Wildman–Crippen MR) is 83.2 cm³/mol. The van der Waals surface area contributed by atoms with E-state index < -0.39 is 5.82 Å². The first-order chi connectivity index (χ1) is 10.1. The summed E-state index contributed by atoms with van der Waals surface area (Å²) in [5.41, 5.74) is 0.518.